The topological polar surface area (TPSA) is 15.3 Å². The van der Waals surface area contributed by atoms with Gasteiger partial charge < -0.3 is 10.2 Å². The van der Waals surface area contributed by atoms with Crippen molar-refractivity contribution in [1.29, 1.82) is 0 Å². The predicted octanol–water partition coefficient (Wildman–Crippen LogP) is 2.61. The zero-order valence-corrected chi connectivity index (χ0v) is 9.64. The van der Waals surface area contributed by atoms with Crippen LogP contribution in [-0.4, -0.2) is 31.1 Å². The third kappa shape index (κ3) is 2.91. The third-order valence-corrected chi connectivity index (χ3v) is 2.99. The second-order valence-electron chi connectivity index (χ2n) is 4.49. The molecule has 94 valence electrons. The molecule has 0 spiro atoms. The highest BCUT2D eigenvalue weighted by molar-refractivity contribution is 5.46. The Labute approximate surface area is 98.4 Å². The van der Waals surface area contributed by atoms with Crippen LogP contribution in [0.15, 0.2) is 12.1 Å². The molecule has 2 rings (SSSR count). The maximum Gasteiger partial charge on any atom is 0.161 e. The Hall–Kier alpha value is -1.23. The number of likely N-dealkylation sites (N-methyl/N-ethyl adjacent to an activating group) is 1. The maximum atomic E-state index is 13.4. The van der Waals surface area contributed by atoms with E-state index in [1.54, 1.807) is 0 Å². The van der Waals surface area contributed by atoms with Gasteiger partial charge in [0.1, 0.15) is 5.82 Å². The monoisotopic (exact) mass is 244 g/mol. The van der Waals surface area contributed by atoms with Crippen molar-refractivity contribution in [1.82, 2.24) is 4.90 Å². The second kappa shape index (κ2) is 4.96. The quantitative estimate of drug-likeness (QED) is 0.804. The van der Waals surface area contributed by atoms with Crippen molar-refractivity contribution in [3.8, 4) is 0 Å². The Balaban J connectivity index is 2.10. The number of nitrogens with one attached hydrogen (secondary N) is 1. The largest absolute Gasteiger partial charge is 0.379 e. The summed E-state index contributed by atoms with van der Waals surface area (Å²) in [6, 6.07) is 1.52. The number of anilines is 1. The number of benzene rings is 1. The first-order valence-corrected chi connectivity index (χ1v) is 5.66. The molecular formula is C12H15F3N2. The lowest BCUT2D eigenvalue weighted by atomic mass is 10.1. The number of hydrogen-bond acceptors (Lipinski definition) is 2. The van der Waals surface area contributed by atoms with E-state index in [1.807, 2.05) is 7.05 Å². The van der Waals surface area contributed by atoms with E-state index in [0.717, 1.165) is 32.0 Å². The van der Waals surface area contributed by atoms with Crippen molar-refractivity contribution < 1.29 is 13.2 Å². The van der Waals surface area contributed by atoms with E-state index < -0.39 is 17.5 Å². The third-order valence-electron chi connectivity index (χ3n) is 2.99. The molecule has 1 atom stereocenters. The van der Waals surface area contributed by atoms with E-state index in [1.165, 1.54) is 0 Å². The number of nitrogens with zero attached hydrogens (tertiary/aromatic N) is 1. The molecule has 0 radical (unpaired) electrons. The first-order chi connectivity index (χ1) is 8.06. The Morgan fingerprint density at radius 3 is 2.59 bits per heavy atom. The first kappa shape index (κ1) is 12.2. The summed E-state index contributed by atoms with van der Waals surface area (Å²) in [5.41, 5.74) is 0.0317. The minimum atomic E-state index is -1.16. The average Bonchev–Trinajstić information content (AvgIpc) is 2.26. The number of halogens is 3. The van der Waals surface area contributed by atoms with Crippen LogP contribution >= 0.6 is 0 Å². The molecule has 0 saturated carbocycles. The number of likely N-dealkylation sites (tertiary alicyclic amines) is 1. The summed E-state index contributed by atoms with van der Waals surface area (Å²) in [6.07, 6.45) is 1.92. The van der Waals surface area contributed by atoms with Crippen molar-refractivity contribution in [2.45, 2.75) is 18.9 Å². The van der Waals surface area contributed by atoms with Gasteiger partial charge in [-0.1, -0.05) is 0 Å². The van der Waals surface area contributed by atoms with Gasteiger partial charge in [0.05, 0.1) is 5.69 Å². The van der Waals surface area contributed by atoms with Gasteiger partial charge in [-0.2, -0.15) is 0 Å². The number of hydrogen-bond donors (Lipinski definition) is 1. The number of piperidine rings is 1. The molecule has 1 N–H and O–H groups in total. The Bertz CT molecular complexity index is 409. The fraction of sp³-hybridized carbons (Fsp3) is 0.500. The van der Waals surface area contributed by atoms with Gasteiger partial charge in [0.25, 0.3) is 0 Å². The fourth-order valence-electron chi connectivity index (χ4n) is 2.14. The molecule has 2 nitrogen and oxygen atoms in total. The number of rotatable bonds is 2. The molecule has 0 aromatic heterocycles. The van der Waals surface area contributed by atoms with Gasteiger partial charge in [0.2, 0.25) is 0 Å². The van der Waals surface area contributed by atoms with Gasteiger partial charge >= 0.3 is 0 Å². The Morgan fingerprint density at radius 2 is 1.88 bits per heavy atom. The van der Waals surface area contributed by atoms with Gasteiger partial charge in [0, 0.05) is 24.7 Å². The summed E-state index contributed by atoms with van der Waals surface area (Å²) in [4.78, 5) is 2.12. The van der Waals surface area contributed by atoms with Gasteiger partial charge in [-0.3, -0.25) is 0 Å². The molecular weight excluding hydrogens is 229 g/mol. The Morgan fingerprint density at radius 1 is 1.18 bits per heavy atom. The summed E-state index contributed by atoms with van der Waals surface area (Å²) in [5, 5.41) is 2.92. The van der Waals surface area contributed by atoms with Crippen LogP contribution in [0.4, 0.5) is 18.9 Å². The van der Waals surface area contributed by atoms with Crippen LogP contribution in [0.2, 0.25) is 0 Å². The zero-order chi connectivity index (χ0) is 12.4. The summed E-state index contributed by atoms with van der Waals surface area (Å²) >= 11 is 0. The molecule has 1 aliphatic heterocycles. The summed E-state index contributed by atoms with van der Waals surface area (Å²) in [7, 11) is 1.98. The normalized spacial score (nSPS) is 21.5. The van der Waals surface area contributed by atoms with Crippen molar-refractivity contribution in [3.05, 3.63) is 29.6 Å². The molecule has 0 aliphatic carbocycles. The molecule has 1 aliphatic rings. The molecule has 0 bridgehead atoms. The Kier molecular flexibility index (Phi) is 3.57. The SMILES string of the molecule is CN1CCCC(Nc2cc(F)c(F)cc2F)C1. The zero-order valence-electron chi connectivity index (χ0n) is 9.64. The van der Waals surface area contributed by atoms with Crippen LogP contribution in [0, 0.1) is 17.5 Å². The summed E-state index contributed by atoms with van der Waals surface area (Å²) in [6.45, 7) is 1.79. The molecule has 17 heavy (non-hydrogen) atoms. The van der Waals surface area contributed by atoms with Crippen molar-refractivity contribution in [2.75, 3.05) is 25.5 Å². The lowest BCUT2D eigenvalue weighted by Crippen LogP contribution is -2.39. The molecule has 1 heterocycles. The highest BCUT2D eigenvalue weighted by Gasteiger charge is 2.19. The van der Waals surface area contributed by atoms with Gasteiger partial charge in [-0.25, -0.2) is 13.2 Å². The van der Waals surface area contributed by atoms with Crippen LogP contribution < -0.4 is 5.32 Å². The van der Waals surface area contributed by atoms with Gasteiger partial charge in [0.15, 0.2) is 11.6 Å². The lowest BCUT2D eigenvalue weighted by molar-refractivity contribution is 0.260. The standard InChI is InChI=1S/C12H15F3N2/c1-17-4-2-3-8(7-17)16-12-6-10(14)9(13)5-11(12)15/h5-6,8,16H,2-4,7H2,1H3. The molecule has 1 fully saturated rings. The highest BCUT2D eigenvalue weighted by atomic mass is 19.2. The molecule has 1 saturated heterocycles. The lowest BCUT2D eigenvalue weighted by Gasteiger charge is -2.31. The van der Waals surface area contributed by atoms with E-state index in [4.69, 9.17) is 0 Å². The van der Waals surface area contributed by atoms with Crippen molar-refractivity contribution in [3.63, 3.8) is 0 Å². The van der Waals surface area contributed by atoms with Gasteiger partial charge in [-0.15, -0.1) is 0 Å². The fourth-order valence-corrected chi connectivity index (χ4v) is 2.14. The summed E-state index contributed by atoms with van der Waals surface area (Å²) < 4.78 is 39.1. The van der Waals surface area contributed by atoms with Crippen LogP contribution in [0.1, 0.15) is 12.8 Å². The minimum Gasteiger partial charge on any atom is -0.379 e. The average molecular weight is 244 g/mol. The highest BCUT2D eigenvalue weighted by Crippen LogP contribution is 2.21. The molecule has 5 heteroatoms. The van der Waals surface area contributed by atoms with E-state index in [9.17, 15) is 13.2 Å². The van der Waals surface area contributed by atoms with E-state index in [0.29, 0.717) is 6.07 Å². The second-order valence-corrected chi connectivity index (χ2v) is 4.49. The van der Waals surface area contributed by atoms with Crippen LogP contribution in [-0.2, 0) is 0 Å². The first-order valence-electron chi connectivity index (χ1n) is 5.66. The molecule has 1 aromatic rings. The minimum absolute atomic E-state index is 0.0317. The molecule has 1 aromatic carbocycles. The van der Waals surface area contributed by atoms with Crippen LogP contribution in [0.5, 0.6) is 0 Å². The van der Waals surface area contributed by atoms with Crippen LogP contribution in [0.25, 0.3) is 0 Å². The summed E-state index contributed by atoms with van der Waals surface area (Å²) in [5.74, 6) is -2.94. The smallest absolute Gasteiger partial charge is 0.161 e. The van der Waals surface area contributed by atoms with Crippen molar-refractivity contribution in [2.24, 2.45) is 0 Å². The molecule has 1 unspecified atom stereocenters. The van der Waals surface area contributed by atoms with E-state index in [-0.39, 0.29) is 11.7 Å². The van der Waals surface area contributed by atoms with Crippen LogP contribution in [0.3, 0.4) is 0 Å². The van der Waals surface area contributed by atoms with E-state index >= 15 is 0 Å². The van der Waals surface area contributed by atoms with Gasteiger partial charge in [-0.05, 0) is 26.4 Å². The van der Waals surface area contributed by atoms with Crippen molar-refractivity contribution >= 4 is 5.69 Å². The molecule has 0 amide bonds. The predicted molar refractivity (Wildman–Crippen MR) is 60.5 cm³/mol. The maximum absolute atomic E-state index is 13.4. The van der Waals surface area contributed by atoms with E-state index in [2.05, 4.69) is 10.2 Å².